The van der Waals surface area contributed by atoms with Crippen molar-refractivity contribution in [3.05, 3.63) is 0 Å². The normalized spacial score (nSPS) is 33.7. The Morgan fingerprint density at radius 3 is 2.67 bits per heavy atom. The number of nitrogens with zero attached hydrogens (tertiary/aromatic N) is 1. The van der Waals surface area contributed by atoms with Gasteiger partial charge in [0.15, 0.2) is 0 Å². The molecule has 0 bridgehead atoms. The molecule has 0 aliphatic carbocycles. The monoisotopic (exact) mass is 276 g/mol. The fourth-order valence-electron chi connectivity index (χ4n) is 2.60. The number of hydrogen-bond acceptors (Lipinski definition) is 4. The molecule has 2 fully saturated rings. The van der Waals surface area contributed by atoms with E-state index in [2.05, 4.69) is 0 Å². The molecule has 3 atom stereocenters. The van der Waals surface area contributed by atoms with Gasteiger partial charge in [-0.2, -0.15) is 0 Å². The van der Waals surface area contributed by atoms with Crippen molar-refractivity contribution in [2.75, 3.05) is 19.7 Å². The number of rotatable bonds is 2. The highest BCUT2D eigenvalue weighted by Crippen LogP contribution is 2.24. The predicted molar refractivity (Wildman–Crippen MR) is 66.2 cm³/mol. The van der Waals surface area contributed by atoms with Crippen molar-refractivity contribution in [2.24, 2.45) is 11.1 Å². The predicted octanol–water partition coefficient (Wildman–Crippen LogP) is -0.309. The SMILES string of the molecule is CC1CCOC1C(=O)N1CCCC(S(N)(=O)=O)C1. The Labute approximate surface area is 108 Å². The molecule has 3 unspecified atom stereocenters. The Bertz CT molecular complexity index is 423. The van der Waals surface area contributed by atoms with Crippen LogP contribution in [0.3, 0.4) is 0 Å². The van der Waals surface area contributed by atoms with Gasteiger partial charge in [0.2, 0.25) is 10.0 Å². The third kappa shape index (κ3) is 2.84. The Morgan fingerprint density at radius 2 is 2.11 bits per heavy atom. The number of ether oxygens (including phenoxy) is 1. The van der Waals surface area contributed by atoms with E-state index in [0.717, 1.165) is 6.42 Å². The van der Waals surface area contributed by atoms with Gasteiger partial charge in [0.05, 0.1) is 5.25 Å². The maximum absolute atomic E-state index is 12.2. The molecule has 2 saturated heterocycles. The highest BCUT2D eigenvalue weighted by molar-refractivity contribution is 7.89. The zero-order valence-corrected chi connectivity index (χ0v) is 11.4. The quantitative estimate of drug-likeness (QED) is 0.749. The highest BCUT2D eigenvalue weighted by atomic mass is 32.2. The van der Waals surface area contributed by atoms with Crippen LogP contribution in [-0.4, -0.2) is 50.3 Å². The average Bonchev–Trinajstić information content (AvgIpc) is 2.73. The lowest BCUT2D eigenvalue weighted by Gasteiger charge is -2.33. The highest BCUT2D eigenvalue weighted by Gasteiger charge is 2.37. The molecule has 18 heavy (non-hydrogen) atoms. The van der Waals surface area contributed by atoms with Crippen LogP contribution in [0.15, 0.2) is 0 Å². The Hall–Kier alpha value is -0.660. The Kier molecular flexibility index (Phi) is 3.93. The van der Waals surface area contributed by atoms with Gasteiger partial charge in [0.1, 0.15) is 6.10 Å². The van der Waals surface area contributed by atoms with E-state index in [0.29, 0.717) is 26.0 Å². The van der Waals surface area contributed by atoms with E-state index >= 15 is 0 Å². The summed E-state index contributed by atoms with van der Waals surface area (Å²) in [5, 5.41) is 4.52. The van der Waals surface area contributed by atoms with E-state index in [1.165, 1.54) is 0 Å². The van der Waals surface area contributed by atoms with Crippen molar-refractivity contribution in [1.29, 1.82) is 0 Å². The molecule has 6 nitrogen and oxygen atoms in total. The molecular formula is C11H20N2O4S. The summed E-state index contributed by atoms with van der Waals surface area (Å²) in [7, 11) is -3.56. The van der Waals surface area contributed by atoms with Crippen LogP contribution in [0.5, 0.6) is 0 Å². The Balaban J connectivity index is 2.02. The molecule has 2 aliphatic heterocycles. The molecular weight excluding hydrogens is 256 g/mol. The second kappa shape index (κ2) is 5.14. The van der Waals surface area contributed by atoms with Crippen molar-refractivity contribution < 1.29 is 17.9 Å². The van der Waals surface area contributed by atoms with Gasteiger partial charge in [-0.15, -0.1) is 0 Å². The molecule has 0 radical (unpaired) electrons. The van der Waals surface area contributed by atoms with E-state index in [9.17, 15) is 13.2 Å². The molecule has 0 saturated carbocycles. The summed E-state index contributed by atoms with van der Waals surface area (Å²) < 4.78 is 28.1. The van der Waals surface area contributed by atoms with Crippen molar-refractivity contribution in [2.45, 2.75) is 37.5 Å². The van der Waals surface area contributed by atoms with Crippen LogP contribution in [0.1, 0.15) is 26.2 Å². The largest absolute Gasteiger partial charge is 0.368 e. The van der Waals surface area contributed by atoms with Crippen LogP contribution >= 0.6 is 0 Å². The van der Waals surface area contributed by atoms with Gasteiger partial charge in [-0.05, 0) is 25.2 Å². The number of sulfonamides is 1. The minimum atomic E-state index is -3.56. The van der Waals surface area contributed by atoms with E-state index in [4.69, 9.17) is 9.88 Å². The first-order valence-electron chi connectivity index (χ1n) is 6.31. The van der Waals surface area contributed by atoms with Crippen LogP contribution < -0.4 is 5.14 Å². The molecule has 0 aromatic rings. The van der Waals surface area contributed by atoms with Crippen LogP contribution in [0.2, 0.25) is 0 Å². The lowest BCUT2D eigenvalue weighted by Crippen LogP contribution is -2.50. The number of piperidine rings is 1. The second-order valence-corrected chi connectivity index (χ2v) is 7.04. The Morgan fingerprint density at radius 1 is 1.39 bits per heavy atom. The van der Waals surface area contributed by atoms with E-state index < -0.39 is 21.4 Å². The van der Waals surface area contributed by atoms with E-state index in [-0.39, 0.29) is 18.4 Å². The molecule has 0 aromatic carbocycles. The van der Waals surface area contributed by atoms with Crippen LogP contribution in [-0.2, 0) is 19.6 Å². The number of amides is 1. The first kappa shape index (κ1) is 13.8. The summed E-state index contributed by atoms with van der Waals surface area (Å²) >= 11 is 0. The zero-order chi connectivity index (χ0) is 13.3. The third-order valence-corrected chi connectivity index (χ3v) is 5.10. The summed E-state index contributed by atoms with van der Waals surface area (Å²) in [4.78, 5) is 13.8. The van der Waals surface area contributed by atoms with Crippen LogP contribution in [0.4, 0.5) is 0 Å². The van der Waals surface area contributed by atoms with Gasteiger partial charge in [-0.3, -0.25) is 4.79 Å². The van der Waals surface area contributed by atoms with Crippen molar-refractivity contribution in [3.63, 3.8) is 0 Å². The summed E-state index contributed by atoms with van der Waals surface area (Å²) in [6, 6.07) is 0. The number of carbonyl (C=O) groups is 1. The maximum Gasteiger partial charge on any atom is 0.252 e. The number of carbonyl (C=O) groups excluding carboxylic acids is 1. The first-order chi connectivity index (χ1) is 8.39. The molecule has 2 N–H and O–H groups in total. The van der Waals surface area contributed by atoms with Crippen LogP contribution in [0.25, 0.3) is 0 Å². The van der Waals surface area contributed by atoms with E-state index in [1.807, 2.05) is 6.92 Å². The minimum Gasteiger partial charge on any atom is -0.368 e. The first-order valence-corrected chi connectivity index (χ1v) is 7.92. The van der Waals surface area contributed by atoms with Gasteiger partial charge in [-0.25, -0.2) is 13.6 Å². The summed E-state index contributed by atoms with van der Waals surface area (Å²) in [6.07, 6.45) is 1.67. The molecule has 7 heteroatoms. The van der Waals surface area contributed by atoms with Gasteiger partial charge >= 0.3 is 0 Å². The lowest BCUT2D eigenvalue weighted by molar-refractivity contribution is -0.143. The molecule has 2 aliphatic rings. The second-order valence-electron chi connectivity index (χ2n) is 5.19. The van der Waals surface area contributed by atoms with Crippen molar-refractivity contribution in [3.8, 4) is 0 Å². The third-order valence-electron chi connectivity index (χ3n) is 3.79. The van der Waals surface area contributed by atoms with Crippen molar-refractivity contribution >= 4 is 15.9 Å². The fourth-order valence-corrected chi connectivity index (χ4v) is 3.48. The van der Waals surface area contributed by atoms with Gasteiger partial charge in [0.25, 0.3) is 5.91 Å². The lowest BCUT2D eigenvalue weighted by atomic mass is 10.0. The molecule has 104 valence electrons. The maximum atomic E-state index is 12.2. The summed E-state index contributed by atoms with van der Waals surface area (Å²) in [5.41, 5.74) is 0. The van der Waals surface area contributed by atoms with Crippen molar-refractivity contribution in [1.82, 2.24) is 4.90 Å². The van der Waals surface area contributed by atoms with E-state index in [1.54, 1.807) is 4.90 Å². The number of nitrogens with two attached hydrogens (primary N) is 1. The van der Waals surface area contributed by atoms with Crippen LogP contribution in [0, 0.1) is 5.92 Å². The fraction of sp³-hybridized carbons (Fsp3) is 0.909. The zero-order valence-electron chi connectivity index (χ0n) is 10.5. The van der Waals surface area contributed by atoms with Gasteiger partial charge in [-0.1, -0.05) is 6.92 Å². The molecule has 2 rings (SSSR count). The standard InChI is InChI=1S/C11H20N2O4S/c1-8-4-6-17-10(8)11(14)13-5-2-3-9(7-13)18(12,15)16/h8-10H,2-7H2,1H3,(H2,12,15,16). The molecule has 0 spiro atoms. The smallest absolute Gasteiger partial charge is 0.252 e. The summed E-state index contributed by atoms with van der Waals surface area (Å²) in [6.45, 7) is 3.38. The van der Waals surface area contributed by atoms with Gasteiger partial charge in [0, 0.05) is 19.7 Å². The molecule has 2 heterocycles. The number of hydrogen-bond donors (Lipinski definition) is 1. The average molecular weight is 276 g/mol. The topological polar surface area (TPSA) is 89.7 Å². The molecule has 1 amide bonds. The minimum absolute atomic E-state index is 0.0895. The number of likely N-dealkylation sites (tertiary alicyclic amines) is 1. The number of primary sulfonamides is 1. The van der Waals surface area contributed by atoms with Gasteiger partial charge < -0.3 is 9.64 Å². The molecule has 0 aromatic heterocycles. The summed E-state index contributed by atoms with van der Waals surface area (Å²) in [5.74, 6) is 0.112.